The summed E-state index contributed by atoms with van der Waals surface area (Å²) in [7, 11) is -3.35. The predicted molar refractivity (Wildman–Crippen MR) is 117 cm³/mol. The van der Waals surface area contributed by atoms with Gasteiger partial charge in [-0.1, -0.05) is 48.0 Å². The number of anilines is 1. The molecular formula is C21H19ClN4O4S. The van der Waals surface area contributed by atoms with Crippen molar-refractivity contribution in [3.05, 3.63) is 76.4 Å². The summed E-state index contributed by atoms with van der Waals surface area (Å²) in [6.07, 6.45) is 0.577. The topological polar surface area (TPSA) is 110 Å². The Balaban J connectivity index is 1.53. The van der Waals surface area contributed by atoms with E-state index in [1.165, 1.54) is 4.68 Å². The Labute approximate surface area is 184 Å². The van der Waals surface area contributed by atoms with Gasteiger partial charge in [0.25, 0.3) is 0 Å². The van der Waals surface area contributed by atoms with Crippen molar-refractivity contribution < 1.29 is 18.0 Å². The molecule has 3 aromatic rings. The lowest BCUT2D eigenvalue weighted by molar-refractivity contribution is -0.136. The number of amides is 2. The minimum absolute atomic E-state index is 0.154. The summed E-state index contributed by atoms with van der Waals surface area (Å²) in [4.78, 5) is 24.8. The molecule has 0 fully saturated rings. The average molecular weight is 459 g/mol. The molecule has 0 aliphatic carbocycles. The molecular weight excluding hydrogens is 440 g/mol. The summed E-state index contributed by atoms with van der Waals surface area (Å²) >= 11 is 6.06. The number of benzene rings is 2. The van der Waals surface area contributed by atoms with Crippen LogP contribution in [0.1, 0.15) is 16.8 Å². The van der Waals surface area contributed by atoms with E-state index in [1.807, 2.05) is 30.3 Å². The molecule has 31 heavy (non-hydrogen) atoms. The van der Waals surface area contributed by atoms with Crippen molar-refractivity contribution in [3.8, 4) is 5.69 Å². The third-order valence-electron chi connectivity index (χ3n) is 4.82. The minimum atomic E-state index is -3.35. The molecule has 0 saturated carbocycles. The fourth-order valence-corrected chi connectivity index (χ4v) is 5.05. The van der Waals surface area contributed by atoms with Crippen LogP contribution >= 0.6 is 11.6 Å². The van der Waals surface area contributed by atoms with Crippen molar-refractivity contribution >= 4 is 39.1 Å². The normalized spacial score (nSPS) is 14.1. The molecule has 0 bridgehead atoms. The average Bonchev–Trinajstić information content (AvgIpc) is 3.21. The Morgan fingerprint density at radius 3 is 2.55 bits per heavy atom. The third-order valence-corrected chi connectivity index (χ3v) is 6.50. The van der Waals surface area contributed by atoms with Gasteiger partial charge in [0.15, 0.2) is 9.84 Å². The highest BCUT2D eigenvalue weighted by Crippen LogP contribution is 2.33. The summed E-state index contributed by atoms with van der Waals surface area (Å²) in [5, 5.41) is 9.91. The molecule has 0 spiro atoms. The second-order valence-corrected chi connectivity index (χ2v) is 9.64. The molecule has 2 N–H and O–H groups in total. The molecule has 0 saturated heterocycles. The van der Waals surface area contributed by atoms with Gasteiger partial charge in [0.05, 0.1) is 22.9 Å². The van der Waals surface area contributed by atoms with Gasteiger partial charge in [-0.15, -0.1) is 0 Å². The highest BCUT2D eigenvalue weighted by atomic mass is 35.5. The number of fused-ring (bicyclic) bond motifs is 1. The summed E-state index contributed by atoms with van der Waals surface area (Å²) in [5.41, 5.74) is 2.30. The van der Waals surface area contributed by atoms with E-state index in [2.05, 4.69) is 15.7 Å². The first-order chi connectivity index (χ1) is 14.8. The lowest BCUT2D eigenvalue weighted by Crippen LogP contribution is -2.37. The lowest BCUT2D eigenvalue weighted by atomic mass is 10.1. The molecule has 0 atom stereocenters. The van der Waals surface area contributed by atoms with Gasteiger partial charge in [-0.05, 0) is 30.2 Å². The van der Waals surface area contributed by atoms with E-state index >= 15 is 0 Å². The van der Waals surface area contributed by atoms with Crippen LogP contribution in [0, 0.1) is 0 Å². The largest absolute Gasteiger partial charge is 0.347 e. The van der Waals surface area contributed by atoms with Gasteiger partial charge in [0, 0.05) is 17.1 Å². The van der Waals surface area contributed by atoms with Crippen LogP contribution in [0.15, 0.2) is 54.6 Å². The molecule has 160 valence electrons. The first-order valence-electron chi connectivity index (χ1n) is 9.52. The SMILES string of the molecule is O=C(NCCc1ccccc1)C(=O)Nc1c2c(nn1-c1cccc(Cl)c1)CS(=O)(=O)C2. The first kappa shape index (κ1) is 21.1. The van der Waals surface area contributed by atoms with Crippen LogP contribution in [0.2, 0.25) is 5.02 Å². The molecule has 4 rings (SSSR count). The van der Waals surface area contributed by atoms with Gasteiger partial charge in [0.2, 0.25) is 0 Å². The molecule has 10 heteroatoms. The van der Waals surface area contributed by atoms with Crippen LogP contribution < -0.4 is 10.6 Å². The summed E-state index contributed by atoms with van der Waals surface area (Å²) < 4.78 is 25.5. The number of carbonyl (C=O) groups is 2. The fourth-order valence-electron chi connectivity index (χ4n) is 3.38. The van der Waals surface area contributed by atoms with E-state index < -0.39 is 21.7 Å². The smallest absolute Gasteiger partial charge is 0.314 e. The van der Waals surface area contributed by atoms with Gasteiger partial charge in [-0.25, -0.2) is 13.1 Å². The van der Waals surface area contributed by atoms with Crippen molar-refractivity contribution in [2.24, 2.45) is 0 Å². The molecule has 1 aliphatic rings. The van der Waals surface area contributed by atoms with E-state index in [-0.39, 0.29) is 23.9 Å². The number of halogens is 1. The van der Waals surface area contributed by atoms with E-state index in [0.717, 1.165) is 5.56 Å². The maximum absolute atomic E-state index is 12.5. The van der Waals surface area contributed by atoms with Gasteiger partial charge in [-0.2, -0.15) is 5.10 Å². The summed E-state index contributed by atoms with van der Waals surface area (Å²) in [6.45, 7) is 0.288. The van der Waals surface area contributed by atoms with Crippen molar-refractivity contribution in [1.29, 1.82) is 0 Å². The number of hydrogen-bond donors (Lipinski definition) is 2. The maximum Gasteiger partial charge on any atom is 0.314 e. The Hall–Kier alpha value is -3.17. The molecule has 2 heterocycles. The van der Waals surface area contributed by atoms with Crippen LogP contribution in [-0.2, 0) is 37.4 Å². The fraction of sp³-hybridized carbons (Fsp3) is 0.190. The summed E-state index contributed by atoms with van der Waals surface area (Å²) in [6, 6.07) is 16.3. The maximum atomic E-state index is 12.5. The number of carbonyl (C=O) groups excluding carboxylic acids is 2. The molecule has 1 aliphatic heterocycles. The van der Waals surface area contributed by atoms with Crippen molar-refractivity contribution in [1.82, 2.24) is 15.1 Å². The van der Waals surface area contributed by atoms with Crippen LogP contribution in [0.25, 0.3) is 5.69 Å². The van der Waals surface area contributed by atoms with Crippen molar-refractivity contribution in [3.63, 3.8) is 0 Å². The Kier molecular flexibility index (Phi) is 5.79. The number of nitrogens with one attached hydrogen (secondary N) is 2. The Morgan fingerprint density at radius 1 is 1.03 bits per heavy atom. The zero-order valence-electron chi connectivity index (χ0n) is 16.3. The molecule has 0 radical (unpaired) electrons. The highest BCUT2D eigenvalue weighted by Gasteiger charge is 2.33. The van der Waals surface area contributed by atoms with E-state index in [1.54, 1.807) is 24.3 Å². The first-order valence-corrected chi connectivity index (χ1v) is 11.7. The van der Waals surface area contributed by atoms with Crippen LogP contribution in [0.3, 0.4) is 0 Å². The predicted octanol–water partition coefficient (Wildman–Crippen LogP) is 2.25. The molecule has 2 aromatic carbocycles. The van der Waals surface area contributed by atoms with E-state index in [4.69, 9.17) is 11.6 Å². The highest BCUT2D eigenvalue weighted by molar-refractivity contribution is 7.90. The van der Waals surface area contributed by atoms with Crippen LogP contribution in [-0.4, -0.2) is 36.6 Å². The summed E-state index contributed by atoms with van der Waals surface area (Å²) in [5.74, 6) is -2.04. The molecule has 0 unspecified atom stereocenters. The third kappa shape index (κ3) is 4.78. The number of sulfone groups is 1. The lowest BCUT2D eigenvalue weighted by Gasteiger charge is -2.11. The second-order valence-electron chi connectivity index (χ2n) is 7.14. The van der Waals surface area contributed by atoms with Gasteiger partial charge in [-0.3, -0.25) is 9.59 Å². The minimum Gasteiger partial charge on any atom is -0.347 e. The zero-order chi connectivity index (χ0) is 22.0. The molecule has 2 amide bonds. The van der Waals surface area contributed by atoms with Gasteiger partial charge < -0.3 is 10.6 Å². The molecule has 8 nitrogen and oxygen atoms in total. The quantitative estimate of drug-likeness (QED) is 0.570. The number of aromatic nitrogens is 2. The van der Waals surface area contributed by atoms with Crippen LogP contribution in [0.4, 0.5) is 5.82 Å². The number of rotatable bonds is 5. The number of hydrogen-bond acceptors (Lipinski definition) is 5. The second kappa shape index (κ2) is 8.52. The van der Waals surface area contributed by atoms with Crippen molar-refractivity contribution in [2.45, 2.75) is 17.9 Å². The zero-order valence-corrected chi connectivity index (χ0v) is 17.9. The van der Waals surface area contributed by atoms with Crippen LogP contribution in [0.5, 0.6) is 0 Å². The molecule has 1 aromatic heterocycles. The van der Waals surface area contributed by atoms with Crippen molar-refractivity contribution in [2.75, 3.05) is 11.9 Å². The standard InChI is InChI=1S/C21H19ClN4O4S/c22-15-7-4-8-16(11-15)26-19(17-12-31(29,30)13-18(17)25-26)24-21(28)20(27)23-10-9-14-5-2-1-3-6-14/h1-8,11H,9-10,12-13H2,(H,23,27)(H,24,28). The Morgan fingerprint density at radius 2 is 1.81 bits per heavy atom. The van der Waals surface area contributed by atoms with Gasteiger partial charge >= 0.3 is 11.8 Å². The number of nitrogens with zero attached hydrogens (tertiary/aromatic N) is 2. The van der Waals surface area contributed by atoms with Gasteiger partial charge in [0.1, 0.15) is 5.82 Å². The van der Waals surface area contributed by atoms with E-state index in [9.17, 15) is 18.0 Å². The van der Waals surface area contributed by atoms with E-state index in [0.29, 0.717) is 28.4 Å². The Bertz CT molecular complexity index is 1260. The monoisotopic (exact) mass is 458 g/mol.